The predicted octanol–water partition coefficient (Wildman–Crippen LogP) is 9.10. The van der Waals surface area contributed by atoms with Gasteiger partial charge in [0.25, 0.3) is 0 Å². The molecule has 0 aliphatic carbocycles. The fourth-order valence-corrected chi connectivity index (χ4v) is 5.95. The molecule has 0 N–H and O–H groups in total. The number of hydrogen-bond acceptors (Lipinski definition) is 6. The number of hydrogen-bond donors (Lipinski definition) is 0. The molecule has 0 aromatic heterocycles. The second kappa shape index (κ2) is 12.9. The molecule has 0 saturated carbocycles. The van der Waals surface area contributed by atoms with Crippen molar-refractivity contribution in [1.29, 1.82) is 0 Å². The quantitative estimate of drug-likeness (QED) is 0.101. The van der Waals surface area contributed by atoms with Crippen molar-refractivity contribution in [1.82, 2.24) is 0 Å². The maximum Gasteiger partial charge on any atom is 0.343 e. The molecule has 4 nitrogen and oxygen atoms in total. The van der Waals surface area contributed by atoms with E-state index in [1.165, 1.54) is 11.8 Å². The lowest BCUT2D eigenvalue weighted by Crippen LogP contribution is -2.13. The second-order valence-electron chi connectivity index (χ2n) is 9.05. The molecular formula is C34H28O4S2. The Bertz CT molecular complexity index is 1640. The molecular weight excluding hydrogens is 537 g/mol. The van der Waals surface area contributed by atoms with Crippen LogP contribution < -0.4 is 9.47 Å². The van der Waals surface area contributed by atoms with Crippen LogP contribution >= 0.6 is 23.5 Å². The van der Waals surface area contributed by atoms with E-state index in [4.69, 9.17) is 9.47 Å². The molecule has 0 radical (unpaired) electrons. The van der Waals surface area contributed by atoms with Crippen molar-refractivity contribution in [3.8, 4) is 11.5 Å². The van der Waals surface area contributed by atoms with Crippen LogP contribution in [0.15, 0.2) is 124 Å². The van der Waals surface area contributed by atoms with Crippen LogP contribution in [-0.4, -0.2) is 18.2 Å². The summed E-state index contributed by atoms with van der Waals surface area (Å²) in [4.78, 5) is 29.5. The topological polar surface area (TPSA) is 52.6 Å². The molecule has 0 aliphatic rings. The maximum absolute atomic E-state index is 13.4. The van der Waals surface area contributed by atoms with Gasteiger partial charge in [-0.25, -0.2) is 9.59 Å². The third-order valence-electron chi connectivity index (χ3n) is 6.34. The van der Waals surface area contributed by atoms with Gasteiger partial charge in [0.15, 0.2) is 5.75 Å². The molecule has 5 aromatic rings. The lowest BCUT2D eigenvalue weighted by Gasteiger charge is -2.22. The van der Waals surface area contributed by atoms with Crippen LogP contribution in [-0.2, 0) is 6.42 Å². The van der Waals surface area contributed by atoms with Crippen molar-refractivity contribution in [2.45, 2.75) is 34.5 Å². The first-order valence-corrected chi connectivity index (χ1v) is 15.1. The van der Waals surface area contributed by atoms with Crippen LogP contribution in [0.3, 0.4) is 0 Å². The van der Waals surface area contributed by atoms with Crippen LogP contribution in [0.5, 0.6) is 11.5 Å². The van der Waals surface area contributed by atoms with Crippen molar-refractivity contribution in [3.05, 3.63) is 126 Å². The molecule has 0 atom stereocenters. The highest BCUT2D eigenvalue weighted by atomic mass is 32.2. The molecule has 40 heavy (non-hydrogen) atoms. The SMILES string of the molecule is CCCc1c(Sc2ccccc2)c(OC(=O)c2ccccc2)c2ccc(SC)cc2c1OC(=O)c1ccccc1. The van der Waals surface area contributed by atoms with Crippen molar-refractivity contribution < 1.29 is 19.1 Å². The molecule has 0 spiro atoms. The third kappa shape index (κ3) is 6.09. The first-order chi connectivity index (χ1) is 19.6. The molecule has 0 saturated heterocycles. The summed E-state index contributed by atoms with van der Waals surface area (Å²) < 4.78 is 12.4. The van der Waals surface area contributed by atoms with E-state index >= 15 is 0 Å². The molecule has 0 unspecified atom stereocenters. The summed E-state index contributed by atoms with van der Waals surface area (Å²) in [6.45, 7) is 2.08. The van der Waals surface area contributed by atoms with Crippen molar-refractivity contribution >= 4 is 46.2 Å². The summed E-state index contributed by atoms with van der Waals surface area (Å²) in [5, 5.41) is 1.43. The Balaban J connectivity index is 1.76. The van der Waals surface area contributed by atoms with Gasteiger partial charge in [0.2, 0.25) is 0 Å². The van der Waals surface area contributed by atoms with Gasteiger partial charge in [-0.3, -0.25) is 0 Å². The minimum Gasteiger partial charge on any atom is -0.422 e. The molecule has 6 heteroatoms. The number of ether oxygens (including phenoxy) is 2. The van der Waals surface area contributed by atoms with Crippen LogP contribution in [0.4, 0.5) is 0 Å². The van der Waals surface area contributed by atoms with E-state index in [2.05, 4.69) is 6.92 Å². The van der Waals surface area contributed by atoms with E-state index < -0.39 is 11.9 Å². The van der Waals surface area contributed by atoms with Crippen LogP contribution in [0.1, 0.15) is 39.6 Å². The fourth-order valence-electron chi connectivity index (χ4n) is 4.42. The smallest absolute Gasteiger partial charge is 0.343 e. The van der Waals surface area contributed by atoms with Gasteiger partial charge in [-0.2, -0.15) is 0 Å². The number of esters is 2. The Morgan fingerprint density at radius 2 is 1.20 bits per heavy atom. The van der Waals surface area contributed by atoms with Gasteiger partial charge in [-0.15, -0.1) is 11.8 Å². The zero-order chi connectivity index (χ0) is 27.9. The monoisotopic (exact) mass is 564 g/mol. The van der Waals surface area contributed by atoms with Gasteiger partial charge in [0.1, 0.15) is 5.75 Å². The Labute approximate surface area is 242 Å². The predicted molar refractivity (Wildman–Crippen MR) is 163 cm³/mol. The largest absolute Gasteiger partial charge is 0.422 e. The summed E-state index contributed by atoms with van der Waals surface area (Å²) in [5.74, 6) is 0.0913. The molecule has 200 valence electrons. The molecule has 5 rings (SSSR count). The molecule has 0 heterocycles. The van der Waals surface area contributed by atoms with Crippen molar-refractivity contribution in [3.63, 3.8) is 0 Å². The summed E-state index contributed by atoms with van der Waals surface area (Å²) in [5.41, 5.74) is 1.77. The van der Waals surface area contributed by atoms with E-state index in [0.29, 0.717) is 34.4 Å². The van der Waals surface area contributed by atoms with Gasteiger partial charge >= 0.3 is 11.9 Å². The number of carbonyl (C=O) groups excluding carboxylic acids is 2. The van der Waals surface area contributed by atoms with E-state index in [1.807, 2.05) is 91.2 Å². The molecule has 0 bridgehead atoms. The highest BCUT2D eigenvalue weighted by Crippen LogP contribution is 2.49. The van der Waals surface area contributed by atoms with E-state index in [9.17, 15) is 9.59 Å². The number of thioether (sulfide) groups is 1. The average molecular weight is 565 g/mol. The van der Waals surface area contributed by atoms with Crippen LogP contribution in [0.25, 0.3) is 10.8 Å². The molecule has 0 aliphatic heterocycles. The standard InChI is InChI=1S/C34H28O4S2/c1-3-13-28-30(37-33(35)23-14-7-4-8-15-23)29-22-26(39-2)20-21-27(29)31(32(28)40-25-18-11-6-12-19-25)38-34(36)24-16-9-5-10-17-24/h4-12,14-22H,3,13H2,1-2H3. The number of fused-ring (bicyclic) bond motifs is 1. The Morgan fingerprint density at radius 3 is 1.75 bits per heavy atom. The maximum atomic E-state index is 13.4. The number of benzene rings is 5. The Hall–Kier alpha value is -4.00. The third-order valence-corrected chi connectivity index (χ3v) is 8.21. The number of carbonyl (C=O) groups is 2. The Morgan fingerprint density at radius 1 is 0.650 bits per heavy atom. The van der Waals surface area contributed by atoms with Gasteiger partial charge in [-0.1, -0.05) is 79.7 Å². The van der Waals surface area contributed by atoms with E-state index in [0.717, 1.165) is 32.1 Å². The van der Waals surface area contributed by atoms with Crippen molar-refractivity contribution in [2.24, 2.45) is 0 Å². The first kappa shape index (κ1) is 27.6. The summed E-state index contributed by atoms with van der Waals surface area (Å²) in [6, 6.07) is 33.8. The highest BCUT2D eigenvalue weighted by molar-refractivity contribution is 7.99. The highest BCUT2D eigenvalue weighted by Gasteiger charge is 2.26. The minimum atomic E-state index is -0.442. The molecule has 5 aromatic carbocycles. The van der Waals surface area contributed by atoms with Gasteiger partial charge in [0.05, 0.1) is 16.0 Å². The second-order valence-corrected chi connectivity index (χ2v) is 11.0. The zero-order valence-electron chi connectivity index (χ0n) is 22.3. The van der Waals surface area contributed by atoms with Gasteiger partial charge < -0.3 is 9.47 Å². The van der Waals surface area contributed by atoms with E-state index in [1.54, 1.807) is 36.0 Å². The zero-order valence-corrected chi connectivity index (χ0v) is 23.9. The van der Waals surface area contributed by atoms with Crippen LogP contribution in [0.2, 0.25) is 0 Å². The van der Waals surface area contributed by atoms with Crippen LogP contribution in [0, 0.1) is 0 Å². The van der Waals surface area contributed by atoms with E-state index in [-0.39, 0.29) is 0 Å². The van der Waals surface area contributed by atoms with Gasteiger partial charge in [-0.05, 0) is 67.3 Å². The fraction of sp³-hybridized carbons (Fsp3) is 0.118. The lowest BCUT2D eigenvalue weighted by molar-refractivity contribution is 0.0718. The normalized spacial score (nSPS) is 10.8. The average Bonchev–Trinajstić information content (AvgIpc) is 3.01. The van der Waals surface area contributed by atoms with Gasteiger partial charge in [0, 0.05) is 26.1 Å². The summed E-state index contributed by atoms with van der Waals surface area (Å²) in [7, 11) is 0. The molecule has 0 fully saturated rings. The molecule has 0 amide bonds. The Kier molecular flexibility index (Phi) is 8.89. The minimum absolute atomic E-state index is 0.432. The first-order valence-electron chi connectivity index (χ1n) is 13.0. The van der Waals surface area contributed by atoms with Crippen molar-refractivity contribution in [2.75, 3.05) is 6.26 Å². The summed E-state index contributed by atoms with van der Waals surface area (Å²) >= 11 is 3.10. The number of rotatable bonds is 9. The summed E-state index contributed by atoms with van der Waals surface area (Å²) in [6.07, 6.45) is 3.43. The lowest BCUT2D eigenvalue weighted by atomic mass is 10.0.